The molecular weight excluding hydrogens is 258 g/mol. The zero-order chi connectivity index (χ0) is 13.8. The van der Waals surface area contributed by atoms with Crippen molar-refractivity contribution in [1.82, 2.24) is 5.32 Å². The minimum Gasteiger partial charge on any atom is -0.392 e. The molecule has 1 amide bonds. The second kappa shape index (κ2) is 5.99. The van der Waals surface area contributed by atoms with E-state index in [-0.39, 0.29) is 12.5 Å². The summed E-state index contributed by atoms with van der Waals surface area (Å²) in [5.41, 5.74) is 2.66. The van der Waals surface area contributed by atoms with E-state index in [0.29, 0.717) is 6.54 Å². The normalized spacial score (nSPS) is 10.5. The molecule has 3 nitrogen and oxygen atoms in total. The van der Waals surface area contributed by atoms with E-state index in [1.54, 1.807) is 11.3 Å². The Morgan fingerprint density at radius 2 is 1.84 bits per heavy atom. The smallest absolute Gasteiger partial charge is 0.252 e. The fourth-order valence-electron chi connectivity index (χ4n) is 1.90. The van der Waals surface area contributed by atoms with Crippen LogP contribution >= 0.6 is 11.3 Å². The molecule has 0 saturated heterocycles. The van der Waals surface area contributed by atoms with Crippen LogP contribution in [0.4, 0.5) is 0 Å². The van der Waals surface area contributed by atoms with Crippen LogP contribution in [0.1, 0.15) is 31.2 Å². The Labute approximate surface area is 116 Å². The third-order valence-electron chi connectivity index (χ3n) is 2.94. The highest BCUT2D eigenvalue weighted by molar-refractivity contribution is 7.12. The van der Waals surface area contributed by atoms with Crippen LogP contribution in [0.2, 0.25) is 0 Å². The number of thiophene rings is 1. The quantitative estimate of drug-likeness (QED) is 0.901. The summed E-state index contributed by atoms with van der Waals surface area (Å²) in [6, 6.07) is 9.47. The van der Waals surface area contributed by atoms with Gasteiger partial charge in [0.1, 0.15) is 0 Å². The number of amides is 1. The van der Waals surface area contributed by atoms with Crippen molar-refractivity contribution < 1.29 is 9.90 Å². The van der Waals surface area contributed by atoms with Gasteiger partial charge in [-0.1, -0.05) is 24.3 Å². The van der Waals surface area contributed by atoms with Crippen LogP contribution in [0, 0.1) is 13.8 Å². The van der Waals surface area contributed by atoms with Gasteiger partial charge in [0.15, 0.2) is 0 Å². The number of aliphatic hydroxyl groups is 1. The van der Waals surface area contributed by atoms with Gasteiger partial charge >= 0.3 is 0 Å². The number of nitrogens with one attached hydrogen (secondary N) is 1. The Bertz CT molecular complexity index is 572. The predicted molar refractivity (Wildman–Crippen MR) is 77.3 cm³/mol. The summed E-state index contributed by atoms with van der Waals surface area (Å²) in [5.74, 6) is -0.0342. The molecule has 1 aromatic carbocycles. The van der Waals surface area contributed by atoms with Gasteiger partial charge in [-0.25, -0.2) is 0 Å². The summed E-state index contributed by atoms with van der Waals surface area (Å²) in [7, 11) is 0. The fraction of sp³-hybridized carbons (Fsp3) is 0.267. The van der Waals surface area contributed by atoms with Gasteiger partial charge in [-0.2, -0.15) is 0 Å². The molecule has 1 heterocycles. The molecule has 1 aromatic heterocycles. The van der Waals surface area contributed by atoms with E-state index >= 15 is 0 Å². The van der Waals surface area contributed by atoms with Gasteiger partial charge < -0.3 is 10.4 Å². The number of benzene rings is 1. The van der Waals surface area contributed by atoms with Crippen LogP contribution in [0.5, 0.6) is 0 Å². The molecular formula is C15H17NO2S. The van der Waals surface area contributed by atoms with E-state index < -0.39 is 0 Å². The van der Waals surface area contributed by atoms with Crippen molar-refractivity contribution in [3.05, 3.63) is 56.8 Å². The first-order valence-corrected chi connectivity index (χ1v) is 6.95. The van der Waals surface area contributed by atoms with Crippen LogP contribution in [0.15, 0.2) is 30.3 Å². The van der Waals surface area contributed by atoms with Crippen molar-refractivity contribution in [2.24, 2.45) is 0 Å². The lowest BCUT2D eigenvalue weighted by Crippen LogP contribution is -2.22. The van der Waals surface area contributed by atoms with Gasteiger partial charge in [0.2, 0.25) is 0 Å². The van der Waals surface area contributed by atoms with Crippen LogP contribution in [0.3, 0.4) is 0 Å². The Morgan fingerprint density at radius 3 is 2.37 bits per heavy atom. The van der Waals surface area contributed by atoms with Crippen molar-refractivity contribution in [2.45, 2.75) is 27.0 Å². The number of hydrogen-bond donors (Lipinski definition) is 2. The van der Waals surface area contributed by atoms with Gasteiger partial charge in [0, 0.05) is 16.3 Å². The van der Waals surface area contributed by atoms with E-state index in [1.165, 1.54) is 0 Å². The monoisotopic (exact) mass is 275 g/mol. The summed E-state index contributed by atoms with van der Waals surface area (Å²) >= 11 is 1.64. The average Bonchev–Trinajstić information content (AvgIpc) is 2.75. The van der Waals surface area contributed by atoms with Crippen molar-refractivity contribution >= 4 is 17.2 Å². The molecule has 0 fully saturated rings. The topological polar surface area (TPSA) is 49.3 Å². The molecule has 2 rings (SSSR count). The van der Waals surface area contributed by atoms with Crippen molar-refractivity contribution in [3.8, 4) is 0 Å². The summed E-state index contributed by atoms with van der Waals surface area (Å²) in [4.78, 5) is 14.2. The molecule has 0 spiro atoms. The predicted octanol–water partition coefficient (Wildman–Crippen LogP) is 2.79. The molecule has 0 aliphatic rings. The van der Waals surface area contributed by atoms with E-state index in [4.69, 9.17) is 5.11 Å². The molecule has 0 aliphatic carbocycles. The molecule has 0 bridgehead atoms. The highest BCUT2D eigenvalue weighted by Gasteiger charge is 2.11. The third-order valence-corrected chi connectivity index (χ3v) is 3.91. The third kappa shape index (κ3) is 3.43. The van der Waals surface area contributed by atoms with E-state index in [2.05, 4.69) is 5.32 Å². The Hall–Kier alpha value is -1.65. The first kappa shape index (κ1) is 13.8. The van der Waals surface area contributed by atoms with E-state index in [9.17, 15) is 4.79 Å². The van der Waals surface area contributed by atoms with E-state index in [0.717, 1.165) is 26.4 Å². The van der Waals surface area contributed by atoms with Crippen molar-refractivity contribution in [2.75, 3.05) is 0 Å². The molecule has 0 atom stereocenters. The van der Waals surface area contributed by atoms with Crippen molar-refractivity contribution in [3.63, 3.8) is 0 Å². The van der Waals surface area contributed by atoms with Crippen LogP contribution < -0.4 is 5.32 Å². The second-order valence-corrected chi connectivity index (χ2v) is 5.94. The van der Waals surface area contributed by atoms with Gasteiger partial charge in [0.25, 0.3) is 5.91 Å². The highest BCUT2D eigenvalue weighted by Crippen LogP contribution is 2.20. The van der Waals surface area contributed by atoms with Crippen LogP contribution in [-0.4, -0.2) is 11.0 Å². The number of carbonyl (C=O) groups excluding carboxylic acids is 1. The summed E-state index contributed by atoms with van der Waals surface area (Å²) in [6.07, 6.45) is 0. The summed E-state index contributed by atoms with van der Waals surface area (Å²) < 4.78 is 0. The molecule has 0 aliphatic heterocycles. The Balaban J connectivity index is 1.98. The maximum Gasteiger partial charge on any atom is 0.252 e. The zero-order valence-corrected chi connectivity index (χ0v) is 11.9. The molecule has 0 saturated carbocycles. The van der Waals surface area contributed by atoms with Crippen LogP contribution in [-0.2, 0) is 13.2 Å². The number of rotatable bonds is 4. The van der Waals surface area contributed by atoms with Gasteiger partial charge in [-0.3, -0.25) is 4.79 Å². The van der Waals surface area contributed by atoms with Crippen LogP contribution in [0.25, 0.3) is 0 Å². The van der Waals surface area contributed by atoms with Gasteiger partial charge in [0.05, 0.1) is 12.2 Å². The number of hydrogen-bond acceptors (Lipinski definition) is 3. The SMILES string of the molecule is Cc1cc(C(=O)NCc2ccc(CO)cc2)c(C)s1. The number of aliphatic hydroxyl groups excluding tert-OH is 1. The molecule has 2 aromatic rings. The summed E-state index contributed by atoms with van der Waals surface area (Å²) in [5, 5.41) is 11.9. The maximum absolute atomic E-state index is 12.0. The Kier molecular flexibility index (Phi) is 4.35. The number of carbonyl (C=O) groups is 1. The zero-order valence-electron chi connectivity index (χ0n) is 11.1. The molecule has 100 valence electrons. The van der Waals surface area contributed by atoms with Crippen molar-refractivity contribution in [1.29, 1.82) is 0 Å². The Morgan fingerprint density at radius 1 is 1.21 bits per heavy atom. The minimum absolute atomic E-state index is 0.0342. The summed E-state index contributed by atoms with van der Waals surface area (Å²) in [6.45, 7) is 4.50. The first-order chi connectivity index (χ1) is 9.10. The lowest BCUT2D eigenvalue weighted by Gasteiger charge is -2.05. The van der Waals surface area contributed by atoms with E-state index in [1.807, 2.05) is 44.2 Å². The molecule has 0 unspecified atom stereocenters. The largest absolute Gasteiger partial charge is 0.392 e. The van der Waals surface area contributed by atoms with Gasteiger partial charge in [-0.15, -0.1) is 11.3 Å². The number of aryl methyl sites for hydroxylation is 2. The average molecular weight is 275 g/mol. The maximum atomic E-state index is 12.0. The second-order valence-electron chi connectivity index (χ2n) is 4.48. The molecule has 0 radical (unpaired) electrons. The minimum atomic E-state index is -0.0342. The first-order valence-electron chi connectivity index (χ1n) is 6.14. The molecule has 4 heteroatoms. The molecule has 19 heavy (non-hydrogen) atoms. The van der Waals surface area contributed by atoms with Gasteiger partial charge in [-0.05, 0) is 31.0 Å². The highest BCUT2D eigenvalue weighted by atomic mass is 32.1. The lowest BCUT2D eigenvalue weighted by molar-refractivity contribution is 0.0951. The molecule has 2 N–H and O–H groups in total. The lowest BCUT2D eigenvalue weighted by atomic mass is 10.1. The fourth-order valence-corrected chi connectivity index (χ4v) is 2.82. The standard InChI is InChI=1S/C15H17NO2S/c1-10-7-14(11(2)19-10)15(18)16-8-12-3-5-13(9-17)6-4-12/h3-7,17H,8-9H2,1-2H3,(H,16,18).